The van der Waals surface area contributed by atoms with E-state index in [9.17, 15) is 4.79 Å². The van der Waals surface area contributed by atoms with Gasteiger partial charge in [-0.05, 0) is 31.0 Å². The molecule has 5 heteroatoms. The molecule has 0 unspecified atom stereocenters. The van der Waals surface area contributed by atoms with Gasteiger partial charge < -0.3 is 10.6 Å². The van der Waals surface area contributed by atoms with Crippen molar-refractivity contribution in [1.82, 2.24) is 15.3 Å². The maximum absolute atomic E-state index is 12.2. The maximum atomic E-state index is 12.2. The molecule has 1 heterocycles. The van der Waals surface area contributed by atoms with Crippen molar-refractivity contribution in [1.29, 1.82) is 0 Å². The van der Waals surface area contributed by atoms with Crippen LogP contribution in [0.3, 0.4) is 0 Å². The minimum atomic E-state index is -0.193. The van der Waals surface area contributed by atoms with Crippen LogP contribution in [-0.4, -0.2) is 15.9 Å². The second-order valence-electron chi connectivity index (χ2n) is 5.91. The average Bonchev–Trinajstić information content (AvgIpc) is 2.63. The number of nitrogens with one attached hydrogen (secondary N) is 2. The van der Waals surface area contributed by atoms with Crippen LogP contribution >= 0.6 is 0 Å². The molecule has 0 aliphatic heterocycles. The number of hydrogen-bond donors (Lipinski definition) is 2. The summed E-state index contributed by atoms with van der Waals surface area (Å²) in [5.74, 6) is 0.272. The Hall–Kier alpha value is -3.21. The van der Waals surface area contributed by atoms with Crippen molar-refractivity contribution in [3.05, 3.63) is 83.2 Å². The fourth-order valence-corrected chi connectivity index (χ4v) is 2.46. The minimum Gasteiger partial charge on any atom is -0.348 e. The van der Waals surface area contributed by atoms with Gasteiger partial charge in [0, 0.05) is 24.6 Å². The van der Waals surface area contributed by atoms with Crippen LogP contribution in [0.1, 0.15) is 27.0 Å². The second-order valence-corrected chi connectivity index (χ2v) is 5.91. The average molecular weight is 332 g/mol. The van der Waals surface area contributed by atoms with Gasteiger partial charge in [0.25, 0.3) is 5.91 Å². The number of amides is 1. The van der Waals surface area contributed by atoms with Gasteiger partial charge in [0.15, 0.2) is 0 Å². The van der Waals surface area contributed by atoms with Crippen LogP contribution in [0.25, 0.3) is 0 Å². The first-order valence-corrected chi connectivity index (χ1v) is 8.10. The van der Waals surface area contributed by atoms with Gasteiger partial charge in [-0.1, -0.05) is 48.0 Å². The second kappa shape index (κ2) is 7.57. The van der Waals surface area contributed by atoms with Crippen LogP contribution in [-0.2, 0) is 6.54 Å². The molecule has 126 valence electrons. The van der Waals surface area contributed by atoms with Crippen LogP contribution in [0.5, 0.6) is 0 Å². The smallest absolute Gasteiger partial charge is 0.254 e. The Morgan fingerprint density at radius 2 is 1.72 bits per heavy atom. The molecule has 0 saturated carbocycles. The van der Waals surface area contributed by atoms with Crippen LogP contribution < -0.4 is 10.6 Å². The van der Waals surface area contributed by atoms with Crippen molar-refractivity contribution in [2.24, 2.45) is 0 Å². The summed E-state index contributed by atoms with van der Waals surface area (Å²) in [6.07, 6.45) is 3.05. The Morgan fingerprint density at radius 3 is 2.40 bits per heavy atom. The van der Waals surface area contributed by atoms with Crippen molar-refractivity contribution in [3.63, 3.8) is 0 Å². The van der Waals surface area contributed by atoms with Gasteiger partial charge in [0.05, 0.1) is 5.56 Å². The lowest BCUT2D eigenvalue weighted by Gasteiger charge is -2.09. The fourth-order valence-electron chi connectivity index (χ4n) is 2.46. The molecule has 25 heavy (non-hydrogen) atoms. The van der Waals surface area contributed by atoms with E-state index in [-0.39, 0.29) is 5.91 Å². The lowest BCUT2D eigenvalue weighted by Crippen LogP contribution is -2.23. The van der Waals surface area contributed by atoms with Crippen molar-refractivity contribution in [3.8, 4) is 0 Å². The lowest BCUT2D eigenvalue weighted by molar-refractivity contribution is 0.0950. The summed E-state index contributed by atoms with van der Waals surface area (Å²) in [6, 6.07) is 15.9. The Kier molecular flexibility index (Phi) is 5.04. The topological polar surface area (TPSA) is 66.9 Å². The van der Waals surface area contributed by atoms with E-state index in [4.69, 9.17) is 0 Å². The van der Waals surface area contributed by atoms with E-state index >= 15 is 0 Å². The Balaban J connectivity index is 1.62. The number of nitrogens with zero attached hydrogens (tertiary/aromatic N) is 2. The molecule has 0 saturated heterocycles. The molecule has 0 aliphatic carbocycles. The summed E-state index contributed by atoms with van der Waals surface area (Å²) in [6.45, 7) is 4.55. The first-order valence-electron chi connectivity index (χ1n) is 8.10. The number of rotatable bonds is 5. The maximum Gasteiger partial charge on any atom is 0.254 e. The Labute approximate surface area is 147 Å². The lowest BCUT2D eigenvalue weighted by atomic mass is 10.1. The van der Waals surface area contributed by atoms with Gasteiger partial charge >= 0.3 is 0 Å². The van der Waals surface area contributed by atoms with E-state index in [0.29, 0.717) is 18.1 Å². The van der Waals surface area contributed by atoms with Crippen LogP contribution in [0.15, 0.2) is 60.9 Å². The molecule has 0 radical (unpaired) electrons. The summed E-state index contributed by atoms with van der Waals surface area (Å²) < 4.78 is 0. The number of aromatic nitrogens is 2. The number of anilines is 2. The third-order valence-corrected chi connectivity index (χ3v) is 3.84. The zero-order chi connectivity index (χ0) is 17.6. The fraction of sp³-hybridized carbons (Fsp3) is 0.150. The summed E-state index contributed by atoms with van der Waals surface area (Å²) >= 11 is 0. The van der Waals surface area contributed by atoms with Crippen molar-refractivity contribution < 1.29 is 4.79 Å². The van der Waals surface area contributed by atoms with E-state index in [0.717, 1.165) is 16.8 Å². The molecule has 0 bridgehead atoms. The predicted molar refractivity (Wildman–Crippen MR) is 98.8 cm³/mol. The highest BCUT2D eigenvalue weighted by atomic mass is 16.1. The molecule has 0 fully saturated rings. The van der Waals surface area contributed by atoms with Crippen LogP contribution in [0.4, 0.5) is 11.6 Å². The van der Waals surface area contributed by atoms with Gasteiger partial charge in [-0.15, -0.1) is 0 Å². The van der Waals surface area contributed by atoms with E-state index < -0.39 is 0 Å². The van der Waals surface area contributed by atoms with E-state index in [2.05, 4.69) is 33.6 Å². The van der Waals surface area contributed by atoms with Crippen molar-refractivity contribution in [2.75, 3.05) is 5.32 Å². The van der Waals surface area contributed by atoms with Gasteiger partial charge in [-0.25, -0.2) is 9.97 Å². The van der Waals surface area contributed by atoms with Crippen molar-refractivity contribution >= 4 is 17.5 Å². The van der Waals surface area contributed by atoms with Gasteiger partial charge in [-0.2, -0.15) is 0 Å². The number of benzene rings is 2. The SMILES string of the molecule is Cc1ccc(Nc2ncc(C(=O)NCc3ccccc3)cn2)c(C)c1. The first-order chi connectivity index (χ1) is 12.1. The molecule has 3 rings (SSSR count). The summed E-state index contributed by atoms with van der Waals surface area (Å²) in [4.78, 5) is 20.6. The molecule has 0 spiro atoms. The van der Waals surface area contributed by atoms with Crippen LogP contribution in [0.2, 0.25) is 0 Å². The summed E-state index contributed by atoms with van der Waals surface area (Å²) in [5.41, 5.74) is 4.75. The quantitative estimate of drug-likeness (QED) is 0.746. The van der Waals surface area contributed by atoms with Gasteiger partial charge in [-0.3, -0.25) is 4.79 Å². The standard InChI is InChI=1S/C20H20N4O/c1-14-8-9-18(15(2)10-14)24-20-22-12-17(13-23-20)19(25)21-11-16-6-4-3-5-7-16/h3-10,12-13H,11H2,1-2H3,(H,21,25)(H,22,23,24). The molecule has 1 aromatic heterocycles. The van der Waals surface area contributed by atoms with Gasteiger partial charge in [0.2, 0.25) is 5.95 Å². The Bertz CT molecular complexity index is 861. The van der Waals surface area contributed by atoms with Crippen molar-refractivity contribution in [2.45, 2.75) is 20.4 Å². The molecular weight excluding hydrogens is 312 g/mol. The van der Waals surface area contributed by atoms with E-state index in [1.165, 1.54) is 18.0 Å². The number of carbonyl (C=O) groups excluding carboxylic acids is 1. The zero-order valence-corrected chi connectivity index (χ0v) is 14.3. The molecule has 5 nitrogen and oxygen atoms in total. The number of carbonyl (C=O) groups is 1. The molecule has 3 aromatic rings. The highest BCUT2D eigenvalue weighted by molar-refractivity contribution is 5.93. The summed E-state index contributed by atoms with van der Waals surface area (Å²) in [5, 5.41) is 6.03. The highest BCUT2D eigenvalue weighted by Crippen LogP contribution is 2.19. The molecule has 0 atom stereocenters. The van der Waals surface area contributed by atoms with E-state index in [1.54, 1.807) is 0 Å². The summed E-state index contributed by atoms with van der Waals surface area (Å²) in [7, 11) is 0. The van der Waals surface area contributed by atoms with Crippen LogP contribution in [0, 0.1) is 13.8 Å². The number of aryl methyl sites for hydroxylation is 2. The molecule has 2 aromatic carbocycles. The first kappa shape index (κ1) is 16.6. The minimum absolute atomic E-state index is 0.193. The normalized spacial score (nSPS) is 10.3. The number of hydrogen-bond acceptors (Lipinski definition) is 4. The predicted octanol–water partition coefficient (Wildman–Crippen LogP) is 3.77. The zero-order valence-electron chi connectivity index (χ0n) is 14.3. The third kappa shape index (κ3) is 4.41. The van der Waals surface area contributed by atoms with Gasteiger partial charge in [0.1, 0.15) is 0 Å². The molecule has 2 N–H and O–H groups in total. The highest BCUT2D eigenvalue weighted by Gasteiger charge is 2.08. The Morgan fingerprint density at radius 1 is 1.00 bits per heavy atom. The largest absolute Gasteiger partial charge is 0.348 e. The molecule has 0 aliphatic rings. The molecule has 1 amide bonds. The van der Waals surface area contributed by atoms with E-state index in [1.807, 2.05) is 49.4 Å². The monoisotopic (exact) mass is 332 g/mol. The molecular formula is C20H20N4O. The third-order valence-electron chi connectivity index (χ3n) is 3.84.